The lowest BCUT2D eigenvalue weighted by molar-refractivity contribution is -0.645. The summed E-state index contributed by atoms with van der Waals surface area (Å²) in [6.45, 7) is 0. The lowest BCUT2D eigenvalue weighted by Gasteiger charge is -2.37. The van der Waals surface area contributed by atoms with Gasteiger partial charge in [-0.25, -0.2) is 4.57 Å². The molecule has 1 fully saturated rings. The average Bonchev–Trinajstić information content (AvgIpc) is 2.97. The highest BCUT2D eigenvalue weighted by Crippen LogP contribution is 2.50. The second kappa shape index (κ2) is 6.14. The first-order valence-electron chi connectivity index (χ1n) is 8.79. The number of rotatable bonds is 1. The number of hydrogen-bond acceptors (Lipinski definition) is 1. The van der Waals surface area contributed by atoms with E-state index in [2.05, 4.69) is 40.7 Å². The number of fused-ring (bicyclic) bond motifs is 3. The van der Waals surface area contributed by atoms with Crippen LogP contribution in [0.1, 0.15) is 54.2 Å². The average molecular weight is 442 g/mol. The van der Waals surface area contributed by atoms with Gasteiger partial charge >= 0.3 is 0 Å². The Balaban J connectivity index is 0.00000157. The van der Waals surface area contributed by atoms with E-state index in [0.29, 0.717) is 5.56 Å². The fourth-order valence-corrected chi connectivity index (χ4v) is 4.71. The third-order valence-corrected chi connectivity index (χ3v) is 5.99. The highest BCUT2D eigenvalue weighted by atomic mass is 127. The van der Waals surface area contributed by atoms with Crippen LogP contribution in [0.25, 0.3) is 16.7 Å². The molecule has 2 bridgehead atoms. The van der Waals surface area contributed by atoms with Crippen molar-refractivity contribution >= 4 is 35.0 Å². The summed E-state index contributed by atoms with van der Waals surface area (Å²) < 4.78 is 4.47. The van der Waals surface area contributed by atoms with Crippen LogP contribution < -0.4 is 4.57 Å². The van der Waals surface area contributed by atoms with Crippen LogP contribution in [0.15, 0.2) is 42.7 Å². The zero-order chi connectivity index (χ0) is 16.3. The Morgan fingerprint density at radius 2 is 1.60 bits per heavy atom. The van der Waals surface area contributed by atoms with E-state index in [1.165, 1.54) is 36.7 Å². The molecule has 6 rings (SSSR count). The van der Waals surface area contributed by atoms with Crippen molar-refractivity contribution < 1.29 is 4.57 Å². The third kappa shape index (κ3) is 2.48. The molecule has 0 N–H and O–H groups in total. The molecular weight excluding hydrogens is 421 g/mol. The molecule has 1 heterocycles. The summed E-state index contributed by atoms with van der Waals surface area (Å²) in [5, 5.41) is 9.01. The molecule has 0 unspecified atom stereocenters. The monoisotopic (exact) mass is 442 g/mol. The first-order chi connectivity index (χ1) is 11.7. The van der Waals surface area contributed by atoms with Gasteiger partial charge in [0, 0.05) is 0 Å². The van der Waals surface area contributed by atoms with Gasteiger partial charge in [-0.2, -0.15) is 9.83 Å². The number of aryl methyl sites for hydroxylation is 1. The van der Waals surface area contributed by atoms with E-state index >= 15 is 0 Å². The number of hydrogen-bond donors (Lipinski definition) is 0. The van der Waals surface area contributed by atoms with Crippen molar-refractivity contribution in [3.63, 3.8) is 0 Å². The standard InChI is InChI=1S/C21H20N3.HI/c1-23-13-24(17-8-2-14(12-22)3-9-17)21-11-19-16-6-4-15(5-7-16)18(19)10-20(21)23;/h2-3,8-11,13,15-16H,4-7H2,1H3;1H/q+1;. The summed E-state index contributed by atoms with van der Waals surface area (Å²) >= 11 is 0. The largest absolute Gasteiger partial charge is 0.249 e. The second-order valence-corrected chi connectivity index (χ2v) is 7.27. The Labute approximate surface area is 164 Å². The zero-order valence-electron chi connectivity index (χ0n) is 14.3. The maximum absolute atomic E-state index is 9.01. The summed E-state index contributed by atoms with van der Waals surface area (Å²) in [5.74, 6) is 1.52. The fourth-order valence-electron chi connectivity index (χ4n) is 4.71. The maximum atomic E-state index is 9.01. The van der Waals surface area contributed by atoms with Crippen LogP contribution in [0.4, 0.5) is 0 Å². The van der Waals surface area contributed by atoms with Gasteiger partial charge in [-0.05, 0) is 85.0 Å². The van der Waals surface area contributed by atoms with Crippen molar-refractivity contribution in [2.24, 2.45) is 7.05 Å². The number of aromatic nitrogens is 2. The van der Waals surface area contributed by atoms with E-state index in [9.17, 15) is 0 Å². The molecule has 0 atom stereocenters. The fraction of sp³-hybridized carbons (Fsp3) is 0.333. The first-order valence-corrected chi connectivity index (χ1v) is 8.79. The van der Waals surface area contributed by atoms with Crippen molar-refractivity contribution in [1.82, 2.24) is 4.57 Å². The van der Waals surface area contributed by atoms with Crippen molar-refractivity contribution in [3.8, 4) is 11.8 Å². The number of benzene rings is 2. The van der Waals surface area contributed by atoms with Gasteiger partial charge in [0.25, 0.3) is 0 Å². The Hall–Kier alpha value is -1.87. The number of nitrogens with zero attached hydrogens (tertiary/aromatic N) is 3. The third-order valence-electron chi connectivity index (χ3n) is 5.99. The van der Waals surface area contributed by atoms with Gasteiger partial charge in [0.2, 0.25) is 6.33 Å². The van der Waals surface area contributed by atoms with Crippen LogP contribution in [0.2, 0.25) is 0 Å². The van der Waals surface area contributed by atoms with Crippen LogP contribution in [0.3, 0.4) is 0 Å². The lowest BCUT2D eigenvalue weighted by Crippen LogP contribution is -2.27. The Kier molecular flexibility index (Phi) is 4.07. The van der Waals surface area contributed by atoms with Crippen LogP contribution in [0.5, 0.6) is 0 Å². The smallest absolute Gasteiger partial charge is 0.232 e. The molecule has 3 aliphatic carbocycles. The normalized spacial score (nSPS) is 20.8. The van der Waals surface area contributed by atoms with E-state index in [1.54, 1.807) is 11.1 Å². The molecule has 3 nitrogen and oxygen atoms in total. The number of halogens is 1. The molecule has 2 aromatic carbocycles. The molecule has 126 valence electrons. The molecule has 3 aliphatic rings. The van der Waals surface area contributed by atoms with Crippen LogP contribution in [0, 0.1) is 11.3 Å². The van der Waals surface area contributed by atoms with Gasteiger partial charge in [0.1, 0.15) is 5.69 Å². The molecule has 0 amide bonds. The predicted molar refractivity (Wildman–Crippen MR) is 109 cm³/mol. The molecule has 3 aromatic rings. The molecule has 0 saturated heterocycles. The zero-order valence-corrected chi connectivity index (χ0v) is 16.6. The van der Waals surface area contributed by atoms with Gasteiger partial charge in [-0.1, -0.05) is 0 Å². The summed E-state index contributed by atoms with van der Waals surface area (Å²) in [5.41, 5.74) is 7.56. The minimum absolute atomic E-state index is 0. The minimum Gasteiger partial charge on any atom is -0.232 e. The van der Waals surface area contributed by atoms with Gasteiger partial charge < -0.3 is 0 Å². The Morgan fingerprint density at radius 3 is 2.20 bits per heavy atom. The first kappa shape index (κ1) is 16.6. The van der Waals surface area contributed by atoms with Gasteiger partial charge in [0.05, 0.1) is 18.7 Å². The van der Waals surface area contributed by atoms with E-state index in [1.807, 2.05) is 24.3 Å². The van der Waals surface area contributed by atoms with E-state index in [-0.39, 0.29) is 24.0 Å². The summed E-state index contributed by atoms with van der Waals surface area (Å²) in [7, 11) is 2.12. The second-order valence-electron chi connectivity index (χ2n) is 7.27. The highest BCUT2D eigenvalue weighted by Gasteiger charge is 2.34. The van der Waals surface area contributed by atoms with Crippen LogP contribution in [-0.4, -0.2) is 4.57 Å². The maximum Gasteiger partial charge on any atom is 0.249 e. The van der Waals surface area contributed by atoms with Gasteiger partial charge in [0.15, 0.2) is 11.0 Å². The van der Waals surface area contributed by atoms with Crippen molar-refractivity contribution in [2.45, 2.75) is 37.5 Å². The van der Waals surface area contributed by atoms with Crippen LogP contribution in [-0.2, 0) is 7.05 Å². The molecule has 1 saturated carbocycles. The topological polar surface area (TPSA) is 32.6 Å². The summed E-state index contributed by atoms with van der Waals surface area (Å²) in [4.78, 5) is 0. The van der Waals surface area contributed by atoms with E-state index < -0.39 is 0 Å². The van der Waals surface area contributed by atoms with E-state index in [4.69, 9.17) is 5.26 Å². The lowest BCUT2D eigenvalue weighted by atomic mass is 9.67. The SMILES string of the molecule is C[n+]1cn(-c2ccc(C#N)cc2)c2cc3c(cc21)C1CCC3CC1.I. The van der Waals surface area contributed by atoms with Gasteiger partial charge in [-0.3, -0.25) is 0 Å². The van der Waals surface area contributed by atoms with Gasteiger partial charge in [-0.15, -0.1) is 24.0 Å². The summed E-state index contributed by atoms with van der Waals surface area (Å²) in [6, 6.07) is 14.9. The predicted octanol–water partition coefficient (Wildman–Crippen LogP) is 4.70. The molecular formula is C21H21IN3+. The van der Waals surface area contributed by atoms with E-state index in [0.717, 1.165) is 17.5 Å². The molecule has 0 aliphatic heterocycles. The number of imidazole rings is 1. The highest BCUT2D eigenvalue weighted by molar-refractivity contribution is 14.0. The number of nitriles is 1. The summed E-state index contributed by atoms with van der Waals surface area (Å²) in [6.07, 6.45) is 7.59. The molecule has 1 aromatic heterocycles. The molecule has 0 spiro atoms. The minimum atomic E-state index is 0. The Bertz CT molecular complexity index is 987. The van der Waals surface area contributed by atoms with Crippen molar-refractivity contribution in [1.29, 1.82) is 5.26 Å². The molecule has 25 heavy (non-hydrogen) atoms. The Morgan fingerprint density at radius 1 is 1.00 bits per heavy atom. The van der Waals surface area contributed by atoms with Crippen molar-refractivity contribution in [2.75, 3.05) is 0 Å². The molecule has 0 radical (unpaired) electrons. The van der Waals surface area contributed by atoms with Crippen LogP contribution >= 0.6 is 24.0 Å². The van der Waals surface area contributed by atoms with Crippen molar-refractivity contribution in [3.05, 3.63) is 59.4 Å². The molecule has 4 heteroatoms. The quantitative estimate of drug-likeness (QED) is 0.397.